The molecule has 12 atom stereocenters. The predicted octanol–water partition coefficient (Wildman–Crippen LogP) is 27.1. The van der Waals surface area contributed by atoms with Crippen molar-refractivity contribution in [3.8, 4) is 9.75 Å². The van der Waals surface area contributed by atoms with E-state index in [1.165, 1.54) is 296 Å². The molecule has 12 unspecified atom stereocenters. The Balaban J connectivity index is 1.06. The van der Waals surface area contributed by atoms with Gasteiger partial charge in [-0.3, -0.25) is 9.59 Å². The van der Waals surface area contributed by atoms with Crippen LogP contribution in [0.4, 0.5) is 0 Å². The Bertz CT molecular complexity index is 2510. The van der Waals surface area contributed by atoms with Crippen molar-refractivity contribution >= 4 is 69.1 Å². The number of Topliss-reactive ketones (excluding diaryl/α,β-unsaturated/α-hetero) is 2. The minimum absolute atomic E-state index is 0.00501. The maximum absolute atomic E-state index is 16.0. The molecule has 0 amide bonds. The fourth-order valence-electron chi connectivity index (χ4n) is 17.8. The molecule has 4 aliphatic rings. The zero-order valence-electron chi connectivity index (χ0n) is 55.8. The Morgan fingerprint density at radius 3 is 1.07 bits per heavy atom. The highest BCUT2D eigenvalue weighted by Crippen LogP contribution is 2.65. The van der Waals surface area contributed by atoms with Gasteiger partial charge in [0.25, 0.3) is 0 Å². The van der Waals surface area contributed by atoms with Gasteiger partial charge in [0.2, 0.25) is 0 Å². The highest BCUT2D eigenvalue weighted by Gasteiger charge is 2.62. The summed E-state index contributed by atoms with van der Waals surface area (Å²) in [5.41, 5.74) is 0. The molecule has 0 N–H and O–H groups in total. The molecule has 0 aromatic carbocycles. The number of unbranched alkanes of at least 4 members (excludes halogenated alkanes) is 28. The lowest BCUT2D eigenvalue weighted by atomic mass is 9.50. The molecule has 0 aliphatic heterocycles. The number of rotatable bonds is 45. The van der Waals surface area contributed by atoms with E-state index in [1.54, 1.807) is 0 Å². The summed E-state index contributed by atoms with van der Waals surface area (Å²) in [6, 6.07) is 18.4. The summed E-state index contributed by atoms with van der Waals surface area (Å²) in [5, 5.41) is 0. The second-order valence-corrected chi connectivity index (χ2v) is 33.8. The molecule has 0 saturated heterocycles. The van der Waals surface area contributed by atoms with E-state index in [2.05, 4.69) is 102 Å². The number of hydrogen-bond donors (Lipinski definition) is 0. The number of fused-ring (bicyclic) bond motifs is 5. The molecule has 6 heteroatoms. The quantitative estimate of drug-likeness (QED) is 0.0413. The van der Waals surface area contributed by atoms with Gasteiger partial charge in [0.05, 0.1) is 11.8 Å². The van der Waals surface area contributed by atoms with E-state index in [1.807, 2.05) is 45.3 Å². The molecule has 0 bridgehead atoms. The van der Waals surface area contributed by atoms with Crippen LogP contribution in [-0.4, -0.2) is 11.6 Å². The van der Waals surface area contributed by atoms with Gasteiger partial charge in [-0.2, -0.15) is 0 Å². The number of ketones is 2. The normalized spacial score (nSPS) is 24.5. The second kappa shape index (κ2) is 38.7. The van der Waals surface area contributed by atoms with Crippen molar-refractivity contribution in [3.63, 3.8) is 0 Å². The first-order chi connectivity index (χ1) is 42.2. The average molecular weight is 1250 g/mol. The van der Waals surface area contributed by atoms with Gasteiger partial charge in [-0.15, -0.1) is 45.3 Å². The first-order valence-corrected chi connectivity index (χ1v) is 40.5. The number of carbonyl (C=O) groups excluding carboxylic acids is 2. The van der Waals surface area contributed by atoms with Crippen molar-refractivity contribution in [2.45, 2.75) is 323 Å². The molecule has 4 aliphatic carbocycles. The van der Waals surface area contributed by atoms with E-state index >= 15 is 9.59 Å². The van der Waals surface area contributed by atoms with Gasteiger partial charge >= 0.3 is 0 Å². The molecule has 8 rings (SSSR count). The van der Waals surface area contributed by atoms with Gasteiger partial charge in [-0.1, -0.05) is 259 Å². The maximum Gasteiger partial charge on any atom is 0.144 e. The zero-order valence-corrected chi connectivity index (χ0v) is 59.1. The molecule has 4 aromatic rings. The minimum atomic E-state index is 0.00501. The third kappa shape index (κ3) is 21.2. The largest absolute Gasteiger partial charge is 0.299 e. The van der Waals surface area contributed by atoms with Crippen LogP contribution in [0.5, 0.6) is 0 Å². The van der Waals surface area contributed by atoms with Crippen LogP contribution in [0.25, 0.3) is 21.9 Å². The summed E-state index contributed by atoms with van der Waals surface area (Å²) in [4.78, 5) is 42.3. The molecule has 0 radical (unpaired) electrons. The van der Waals surface area contributed by atoms with Crippen molar-refractivity contribution in [2.24, 2.45) is 59.2 Å². The van der Waals surface area contributed by atoms with Crippen LogP contribution >= 0.6 is 45.3 Å². The molecule has 4 heterocycles. The topological polar surface area (TPSA) is 34.1 Å². The number of hydrogen-bond acceptors (Lipinski definition) is 6. The van der Waals surface area contributed by atoms with Crippen molar-refractivity contribution in [1.29, 1.82) is 0 Å². The van der Waals surface area contributed by atoms with Gasteiger partial charge in [-0.05, 0) is 160 Å². The van der Waals surface area contributed by atoms with Gasteiger partial charge in [-0.25, -0.2) is 0 Å². The highest BCUT2D eigenvalue weighted by molar-refractivity contribution is 7.22. The molecular weight excluding hydrogens is 1120 g/mol. The lowest BCUT2D eigenvalue weighted by Crippen LogP contribution is -2.49. The van der Waals surface area contributed by atoms with Gasteiger partial charge in [0.1, 0.15) is 11.6 Å². The molecule has 4 aromatic heterocycles. The smallest absolute Gasteiger partial charge is 0.144 e. The van der Waals surface area contributed by atoms with E-state index in [0.29, 0.717) is 58.9 Å². The van der Waals surface area contributed by atoms with Crippen LogP contribution in [0.2, 0.25) is 0 Å². The molecule has 86 heavy (non-hydrogen) atoms. The average Bonchev–Trinajstić information content (AvgIpc) is 1.54. The first-order valence-electron chi connectivity index (χ1n) is 37.3. The summed E-state index contributed by atoms with van der Waals surface area (Å²) in [7, 11) is 0. The molecular formula is C80H124O2S4. The van der Waals surface area contributed by atoms with Crippen LogP contribution in [0.1, 0.15) is 338 Å². The highest BCUT2D eigenvalue weighted by atomic mass is 32.1. The third-order valence-corrected chi connectivity index (χ3v) is 26.9. The minimum Gasteiger partial charge on any atom is -0.299 e. The number of aryl methyl sites for hydroxylation is 2. The Labute approximate surface area is 544 Å². The Kier molecular flexibility index (Phi) is 31.4. The van der Waals surface area contributed by atoms with Crippen LogP contribution < -0.4 is 0 Å². The van der Waals surface area contributed by atoms with Crippen LogP contribution in [0, 0.1) is 73.0 Å². The fourth-order valence-corrected chi connectivity index (χ4v) is 21.7. The van der Waals surface area contributed by atoms with Crippen LogP contribution in [0.15, 0.2) is 48.5 Å². The Morgan fingerprint density at radius 1 is 0.360 bits per heavy atom. The lowest BCUT2D eigenvalue weighted by molar-refractivity contribution is -0.135. The van der Waals surface area contributed by atoms with Gasteiger partial charge < -0.3 is 0 Å². The lowest BCUT2D eigenvalue weighted by Gasteiger charge is -2.53. The van der Waals surface area contributed by atoms with Crippen LogP contribution in [-0.2, 0) is 9.59 Å². The van der Waals surface area contributed by atoms with Crippen molar-refractivity contribution < 1.29 is 9.59 Å². The SMILES string of the molecule is CCCCCCCCCCCCC(CCCCCCCC)CC1CC2C(CC(CC(CCCCCCCC)CCCCCCCCCCCC)C3C(=O)C(c4ccc(-c5ccc(/C=C/c6ccc(C)s6)s5)s4)CC23)C2CC(c3ccc(C)s3)C(=O)C12. The Hall–Kier alpha value is -2.12. The monoisotopic (exact) mass is 1240 g/mol. The van der Waals surface area contributed by atoms with Crippen molar-refractivity contribution in [1.82, 2.24) is 0 Å². The van der Waals surface area contributed by atoms with E-state index in [4.69, 9.17) is 0 Å². The summed E-state index contributed by atoms with van der Waals surface area (Å²) in [5.74, 6) is 5.99. The zero-order chi connectivity index (χ0) is 60.3. The van der Waals surface area contributed by atoms with Crippen molar-refractivity contribution in [3.05, 3.63) is 77.8 Å². The molecule has 480 valence electrons. The summed E-state index contributed by atoms with van der Waals surface area (Å²) < 4.78 is 0. The Morgan fingerprint density at radius 2 is 0.686 bits per heavy atom. The molecule has 4 saturated carbocycles. The van der Waals surface area contributed by atoms with Crippen molar-refractivity contribution in [2.75, 3.05) is 0 Å². The summed E-state index contributed by atoms with van der Waals surface area (Å²) >= 11 is 7.58. The molecule has 4 fully saturated rings. The molecule has 0 spiro atoms. The van der Waals surface area contributed by atoms with Crippen LogP contribution in [0.3, 0.4) is 0 Å². The van der Waals surface area contributed by atoms with E-state index in [0.717, 1.165) is 12.8 Å². The predicted molar refractivity (Wildman–Crippen MR) is 382 cm³/mol. The van der Waals surface area contributed by atoms with E-state index < -0.39 is 0 Å². The van der Waals surface area contributed by atoms with E-state index in [-0.39, 0.29) is 23.7 Å². The second-order valence-electron chi connectivity index (χ2n) is 29.0. The van der Waals surface area contributed by atoms with Gasteiger partial charge in [0, 0.05) is 50.9 Å². The first kappa shape index (κ1) is 69.8. The standard InChI is InChI=1S/C80H124O2S4/c1-7-11-15-19-23-25-27-29-33-37-41-61(39-35-31-21-17-13-9-3)53-63-55-68-67(69-57-71(79(81)77(63)69)73-49-44-60(6)84-73)56-64(54-62(40-36-32-22-18-14-10-4)42-38-34-30-28-26-24-20-16-12-8-2)78-70(68)58-72(80(78)82)74-51-52-76(86-74)75-50-48-66(85-75)47-46-65-45-43-59(5)83-65/h43-52,61-64,67-72,77-78H,7-42,53-58H2,1-6H3/b47-46+. The summed E-state index contributed by atoms with van der Waals surface area (Å²) in [6.45, 7) is 13.8. The third-order valence-electron chi connectivity index (χ3n) is 22.4. The summed E-state index contributed by atoms with van der Waals surface area (Å²) in [6.07, 6.45) is 61.0. The maximum atomic E-state index is 16.0. The fraction of sp³-hybridized carbons (Fsp3) is 0.750. The van der Waals surface area contributed by atoms with Gasteiger partial charge in [0.15, 0.2) is 0 Å². The number of thiophene rings is 4. The van der Waals surface area contributed by atoms with E-state index in [9.17, 15) is 0 Å². The molecule has 2 nitrogen and oxygen atoms in total. The number of carbonyl (C=O) groups is 2.